The Morgan fingerprint density at radius 1 is 0.824 bits per heavy atom. The first-order valence-corrected chi connectivity index (χ1v) is 10.2. The summed E-state index contributed by atoms with van der Waals surface area (Å²) < 4.78 is 0. The fourth-order valence-electron chi connectivity index (χ4n) is 3.09. The van der Waals surface area contributed by atoms with Crippen molar-refractivity contribution in [2.75, 3.05) is 28.3 Å². The first-order chi connectivity index (χ1) is 16.3. The van der Waals surface area contributed by atoms with Crippen LogP contribution < -0.4 is 5.43 Å². The van der Waals surface area contributed by atoms with E-state index in [9.17, 15) is 14.4 Å². The Morgan fingerprint density at radius 3 is 1.76 bits per heavy atom. The zero-order valence-electron chi connectivity index (χ0n) is 19.8. The van der Waals surface area contributed by atoms with Gasteiger partial charge in [-0.1, -0.05) is 71.0 Å². The van der Waals surface area contributed by atoms with Crippen LogP contribution in [0.15, 0.2) is 71.0 Å². The van der Waals surface area contributed by atoms with Gasteiger partial charge >= 0.3 is 0 Å². The second-order valence-corrected chi connectivity index (χ2v) is 6.95. The van der Waals surface area contributed by atoms with Crippen LogP contribution in [0.25, 0.3) is 0 Å². The van der Waals surface area contributed by atoms with Gasteiger partial charge in [-0.2, -0.15) is 5.01 Å². The van der Waals surface area contributed by atoms with Crippen LogP contribution in [0.4, 0.5) is 0 Å². The molecule has 3 amide bonds. The van der Waals surface area contributed by atoms with E-state index in [4.69, 9.17) is 9.68 Å². The molecule has 34 heavy (non-hydrogen) atoms. The van der Waals surface area contributed by atoms with Gasteiger partial charge in [0.05, 0.1) is 0 Å². The topological polar surface area (TPSA) is 116 Å². The molecule has 0 aliphatic rings. The number of imide groups is 1. The van der Waals surface area contributed by atoms with Crippen LogP contribution in [-0.4, -0.2) is 72.7 Å². The van der Waals surface area contributed by atoms with Gasteiger partial charge in [0.25, 0.3) is 5.91 Å². The third kappa shape index (κ3) is 6.79. The van der Waals surface area contributed by atoms with Crippen LogP contribution in [0.5, 0.6) is 0 Å². The average molecular weight is 469 g/mol. The Morgan fingerprint density at radius 2 is 1.29 bits per heavy atom. The molecule has 180 valence electrons. The normalized spacial score (nSPS) is 11.3. The smallest absolute Gasteiger partial charge is 0.257 e. The molecule has 0 saturated heterocycles. The second-order valence-electron chi connectivity index (χ2n) is 6.95. The monoisotopic (exact) mass is 468 g/mol. The van der Waals surface area contributed by atoms with Crippen LogP contribution >= 0.6 is 0 Å². The largest absolute Gasteiger partial charge is 0.397 e. The molecule has 0 unspecified atom stereocenters. The van der Waals surface area contributed by atoms with E-state index >= 15 is 0 Å². The fourth-order valence-corrected chi connectivity index (χ4v) is 3.09. The Hall–Kier alpha value is -4.41. The first kappa shape index (κ1) is 25.8. The lowest BCUT2D eigenvalue weighted by Crippen LogP contribution is -2.52. The third-order valence-corrected chi connectivity index (χ3v) is 4.48. The minimum Gasteiger partial charge on any atom is -0.397 e. The first-order valence-electron chi connectivity index (χ1n) is 10.2. The van der Waals surface area contributed by atoms with E-state index in [-0.39, 0.29) is 5.84 Å². The Balaban J connectivity index is 2.17. The Labute approximate surface area is 198 Å². The number of amidine groups is 2. The van der Waals surface area contributed by atoms with Gasteiger partial charge in [-0.15, -0.1) is 0 Å². The number of rotatable bonds is 6. The molecule has 11 heteroatoms. The van der Waals surface area contributed by atoms with Crippen LogP contribution in [0.1, 0.15) is 24.5 Å². The van der Waals surface area contributed by atoms with Crippen LogP contribution in [0.2, 0.25) is 0 Å². The predicted octanol–water partition coefficient (Wildman–Crippen LogP) is 1.58. The molecule has 2 aromatic rings. The van der Waals surface area contributed by atoms with Gasteiger partial charge < -0.3 is 9.68 Å². The maximum Gasteiger partial charge on any atom is 0.257 e. The van der Waals surface area contributed by atoms with Crippen molar-refractivity contribution in [2.24, 2.45) is 10.3 Å². The summed E-state index contributed by atoms with van der Waals surface area (Å²) in [5.74, 6) is -1.48. The van der Waals surface area contributed by atoms with Gasteiger partial charge in [-0.05, 0) is 0 Å². The van der Waals surface area contributed by atoms with E-state index in [1.807, 2.05) is 24.3 Å². The number of nitrogens with zero attached hydrogens (tertiary/aromatic N) is 5. The van der Waals surface area contributed by atoms with Gasteiger partial charge in [0.2, 0.25) is 11.8 Å². The van der Waals surface area contributed by atoms with Gasteiger partial charge in [-0.25, -0.2) is 0 Å². The highest BCUT2D eigenvalue weighted by atomic mass is 16.6. The van der Waals surface area contributed by atoms with Crippen molar-refractivity contribution in [2.45, 2.75) is 13.3 Å². The number of nitrogens with one attached hydrogen (secondary N) is 1. The van der Waals surface area contributed by atoms with Crippen molar-refractivity contribution < 1.29 is 24.1 Å². The summed E-state index contributed by atoms with van der Waals surface area (Å²) in [5.41, 5.74) is 3.86. The van der Waals surface area contributed by atoms with E-state index in [0.717, 1.165) is 5.01 Å². The van der Waals surface area contributed by atoms with E-state index in [0.29, 0.717) is 17.0 Å². The Kier molecular flexibility index (Phi) is 9.56. The van der Waals surface area contributed by atoms with Gasteiger partial charge in [-0.3, -0.25) is 29.8 Å². The van der Waals surface area contributed by atoms with E-state index in [2.05, 4.69) is 15.7 Å². The molecule has 0 aliphatic heterocycles. The van der Waals surface area contributed by atoms with Crippen LogP contribution in [0, 0.1) is 0 Å². The number of carbonyl (C=O) groups is 3. The summed E-state index contributed by atoms with van der Waals surface area (Å²) in [4.78, 5) is 47.7. The number of carbonyl (C=O) groups excluding carboxylic acids is 3. The number of hydrogen-bond donors (Lipinski definition) is 1. The number of amides is 3. The number of hydrazine groups is 2. The van der Waals surface area contributed by atoms with Crippen LogP contribution in [-0.2, 0) is 24.1 Å². The molecule has 0 saturated carbocycles. The number of oxime groups is 2. The van der Waals surface area contributed by atoms with E-state index < -0.39 is 24.1 Å². The summed E-state index contributed by atoms with van der Waals surface area (Å²) in [6.45, 7) is 1.21. The van der Waals surface area contributed by atoms with Gasteiger partial charge in [0, 0.05) is 32.1 Å². The van der Waals surface area contributed by atoms with Gasteiger partial charge in [0.1, 0.15) is 20.6 Å². The molecule has 2 aromatic carbocycles. The zero-order chi connectivity index (χ0) is 25.1. The molecule has 0 aromatic heterocycles. The molecule has 0 bridgehead atoms. The van der Waals surface area contributed by atoms with E-state index in [1.165, 1.54) is 38.2 Å². The molecule has 0 atom stereocenters. The summed E-state index contributed by atoms with van der Waals surface area (Å²) >= 11 is 0. The molecule has 0 fully saturated rings. The minimum atomic E-state index is -0.759. The summed E-state index contributed by atoms with van der Waals surface area (Å²) in [6, 6.07) is 17.9. The minimum absolute atomic E-state index is 0.211. The predicted molar refractivity (Wildman–Crippen MR) is 126 cm³/mol. The lowest BCUT2D eigenvalue weighted by Gasteiger charge is -2.31. The molecule has 0 aliphatic carbocycles. The highest BCUT2D eigenvalue weighted by molar-refractivity contribution is 6.07. The van der Waals surface area contributed by atoms with Crippen LogP contribution in [0.3, 0.4) is 0 Å². The maximum absolute atomic E-state index is 13.0. The molecule has 0 radical (unpaired) electrons. The lowest BCUT2D eigenvalue weighted by atomic mass is 10.2. The maximum atomic E-state index is 13.0. The SMILES string of the molecule is CON=C(c1ccccc1)N(C)NC(=O)CC(=O)N(C(C)=O)N(C)C(=NOC)c1ccccc1. The molecule has 11 nitrogen and oxygen atoms in total. The molecule has 0 spiro atoms. The number of hydrogen-bond acceptors (Lipinski definition) is 7. The van der Waals surface area contributed by atoms with Crippen molar-refractivity contribution in [3.8, 4) is 0 Å². The summed E-state index contributed by atoms with van der Waals surface area (Å²) in [5, 5.41) is 11.3. The fraction of sp³-hybridized carbons (Fsp3) is 0.261. The number of benzene rings is 2. The summed E-state index contributed by atoms with van der Waals surface area (Å²) in [6.07, 6.45) is -0.613. The summed E-state index contributed by atoms with van der Waals surface area (Å²) in [7, 11) is 5.77. The van der Waals surface area contributed by atoms with Gasteiger partial charge in [0.15, 0.2) is 11.7 Å². The molecular weight excluding hydrogens is 440 g/mol. The van der Waals surface area contributed by atoms with Crippen molar-refractivity contribution in [3.63, 3.8) is 0 Å². The zero-order valence-corrected chi connectivity index (χ0v) is 19.8. The lowest BCUT2D eigenvalue weighted by molar-refractivity contribution is -0.156. The van der Waals surface area contributed by atoms with Crippen molar-refractivity contribution in [1.29, 1.82) is 0 Å². The molecular formula is C23H28N6O5. The van der Waals surface area contributed by atoms with Crippen molar-refractivity contribution >= 4 is 29.4 Å². The standard InChI is InChI=1S/C23H28N6O5/c1-17(30)29(28(3)23(26-34-5)19-14-10-7-11-15-19)21(32)16-20(31)24-27(2)22(25-33-4)18-12-8-6-9-13-18/h6-15H,16H2,1-5H3,(H,24,31). The molecule has 2 rings (SSSR count). The van der Waals surface area contributed by atoms with E-state index in [1.54, 1.807) is 43.4 Å². The quantitative estimate of drug-likeness (QED) is 0.296. The highest BCUT2D eigenvalue weighted by Gasteiger charge is 2.29. The van der Waals surface area contributed by atoms with Crippen molar-refractivity contribution in [3.05, 3.63) is 71.8 Å². The molecule has 0 heterocycles. The third-order valence-electron chi connectivity index (χ3n) is 4.48. The average Bonchev–Trinajstić information content (AvgIpc) is 2.81. The highest BCUT2D eigenvalue weighted by Crippen LogP contribution is 2.10. The second kappa shape index (κ2) is 12.6. The Bertz CT molecular complexity index is 1040. The van der Waals surface area contributed by atoms with Crippen molar-refractivity contribution in [1.82, 2.24) is 20.5 Å². The molecule has 1 N–H and O–H groups in total.